The van der Waals surface area contributed by atoms with Crippen LogP contribution in [0.25, 0.3) is 0 Å². The van der Waals surface area contributed by atoms with Gasteiger partial charge in [-0.3, -0.25) is 4.79 Å². The number of carbonyl (C=O) groups excluding carboxylic acids is 1. The lowest BCUT2D eigenvalue weighted by Gasteiger charge is -2.10. The fraction of sp³-hybridized carbons (Fsp3) is 0.154. The number of benzene rings is 1. The van der Waals surface area contributed by atoms with E-state index in [1.165, 1.54) is 26.6 Å². The number of amides is 1. The van der Waals surface area contributed by atoms with E-state index in [1.807, 2.05) is 0 Å². The topological polar surface area (TPSA) is 73.3 Å². The molecule has 0 fully saturated rings. The first-order valence-electron chi connectivity index (χ1n) is 5.65. The van der Waals surface area contributed by atoms with Gasteiger partial charge in [0.25, 0.3) is 5.91 Å². The van der Waals surface area contributed by atoms with Crippen LogP contribution in [0.15, 0.2) is 35.2 Å². The molecule has 0 aliphatic rings. The number of methoxy groups -OCH3 is 2. The van der Waals surface area contributed by atoms with Crippen molar-refractivity contribution in [2.75, 3.05) is 19.5 Å². The van der Waals surface area contributed by atoms with E-state index in [4.69, 9.17) is 9.47 Å². The Kier molecular flexibility index (Phi) is 4.52. The van der Waals surface area contributed by atoms with Crippen LogP contribution < -0.4 is 14.8 Å². The number of nitrogens with zero attached hydrogens (tertiary/aromatic N) is 2. The van der Waals surface area contributed by atoms with Crippen LogP contribution in [0, 0.1) is 0 Å². The van der Waals surface area contributed by atoms with Gasteiger partial charge in [-0.25, -0.2) is 9.97 Å². The standard InChI is InChI=1S/C13H12BrN3O3/c1-19-8-3-4-10(20-2)9(5-8)13(18)17-12-7-15-11(14)6-16-12/h3-7H,1-2H3,(H,16,17,18). The summed E-state index contributed by atoms with van der Waals surface area (Å²) >= 11 is 3.18. The summed E-state index contributed by atoms with van der Waals surface area (Å²) in [5.41, 5.74) is 0.358. The Morgan fingerprint density at radius 2 is 2.00 bits per heavy atom. The zero-order valence-corrected chi connectivity index (χ0v) is 12.5. The number of aromatic nitrogens is 2. The van der Waals surface area contributed by atoms with Gasteiger partial charge in [0.1, 0.15) is 16.1 Å². The first kappa shape index (κ1) is 14.3. The van der Waals surface area contributed by atoms with Gasteiger partial charge >= 0.3 is 0 Å². The number of rotatable bonds is 4. The predicted molar refractivity (Wildman–Crippen MR) is 77.2 cm³/mol. The molecule has 1 aromatic heterocycles. The molecule has 104 valence electrons. The maximum atomic E-state index is 12.2. The highest BCUT2D eigenvalue weighted by Crippen LogP contribution is 2.24. The second-order valence-corrected chi connectivity index (χ2v) is 4.56. The molecule has 20 heavy (non-hydrogen) atoms. The number of carbonyl (C=O) groups is 1. The summed E-state index contributed by atoms with van der Waals surface area (Å²) in [4.78, 5) is 20.2. The van der Waals surface area contributed by atoms with Gasteiger partial charge < -0.3 is 14.8 Å². The fourth-order valence-electron chi connectivity index (χ4n) is 1.55. The molecule has 6 nitrogen and oxygen atoms in total. The van der Waals surface area contributed by atoms with Gasteiger partial charge in [-0.05, 0) is 34.1 Å². The number of nitrogens with one attached hydrogen (secondary N) is 1. The van der Waals surface area contributed by atoms with E-state index in [2.05, 4.69) is 31.2 Å². The van der Waals surface area contributed by atoms with Gasteiger partial charge in [0.15, 0.2) is 5.82 Å². The lowest BCUT2D eigenvalue weighted by atomic mass is 10.1. The Balaban J connectivity index is 2.25. The highest BCUT2D eigenvalue weighted by atomic mass is 79.9. The summed E-state index contributed by atoms with van der Waals surface area (Å²) in [5.74, 6) is 1.02. The molecule has 7 heteroatoms. The molecule has 1 aromatic carbocycles. The summed E-state index contributed by atoms with van der Waals surface area (Å²) in [7, 11) is 3.03. The van der Waals surface area contributed by atoms with Crippen LogP contribution in [0.3, 0.4) is 0 Å². The number of ether oxygens (including phenoxy) is 2. The minimum Gasteiger partial charge on any atom is -0.497 e. The van der Waals surface area contributed by atoms with E-state index in [9.17, 15) is 4.79 Å². The average molecular weight is 338 g/mol. The lowest BCUT2D eigenvalue weighted by molar-refractivity contribution is 0.102. The molecule has 1 N–H and O–H groups in total. The molecule has 0 aliphatic carbocycles. The monoisotopic (exact) mass is 337 g/mol. The highest BCUT2D eigenvalue weighted by molar-refractivity contribution is 9.10. The summed E-state index contributed by atoms with van der Waals surface area (Å²) in [5, 5.41) is 2.64. The molecule has 0 saturated heterocycles. The zero-order chi connectivity index (χ0) is 14.5. The van der Waals surface area contributed by atoms with Crippen LogP contribution in [0.1, 0.15) is 10.4 Å². The molecule has 0 aliphatic heterocycles. The largest absolute Gasteiger partial charge is 0.497 e. The van der Waals surface area contributed by atoms with E-state index >= 15 is 0 Å². The summed E-state index contributed by atoms with van der Waals surface area (Å²) in [6, 6.07) is 4.98. The molecule has 2 rings (SSSR count). The van der Waals surface area contributed by atoms with Gasteiger partial charge in [-0.2, -0.15) is 0 Å². The molecule has 0 radical (unpaired) electrons. The molecule has 0 unspecified atom stereocenters. The van der Waals surface area contributed by atoms with Crippen molar-refractivity contribution in [3.8, 4) is 11.5 Å². The highest BCUT2D eigenvalue weighted by Gasteiger charge is 2.14. The number of anilines is 1. The van der Waals surface area contributed by atoms with Crippen molar-refractivity contribution in [3.05, 3.63) is 40.8 Å². The second kappa shape index (κ2) is 6.33. The van der Waals surface area contributed by atoms with Crippen molar-refractivity contribution >= 4 is 27.7 Å². The molecule has 1 heterocycles. The van der Waals surface area contributed by atoms with Gasteiger partial charge in [0, 0.05) is 0 Å². The zero-order valence-electron chi connectivity index (χ0n) is 10.9. The van der Waals surface area contributed by atoms with Crippen LogP contribution >= 0.6 is 15.9 Å². The van der Waals surface area contributed by atoms with Crippen molar-refractivity contribution in [1.29, 1.82) is 0 Å². The van der Waals surface area contributed by atoms with Gasteiger partial charge in [-0.1, -0.05) is 0 Å². The fourth-order valence-corrected chi connectivity index (χ4v) is 1.76. The van der Waals surface area contributed by atoms with E-state index in [-0.39, 0.29) is 5.91 Å². The van der Waals surface area contributed by atoms with E-state index in [0.717, 1.165) is 0 Å². The van der Waals surface area contributed by atoms with Crippen LogP contribution in [-0.2, 0) is 0 Å². The van der Waals surface area contributed by atoms with Gasteiger partial charge in [-0.15, -0.1) is 0 Å². The minimum atomic E-state index is -0.350. The molecule has 2 aromatic rings. The maximum Gasteiger partial charge on any atom is 0.260 e. The predicted octanol–water partition coefficient (Wildman–Crippen LogP) is 2.51. The van der Waals surface area contributed by atoms with Crippen molar-refractivity contribution < 1.29 is 14.3 Å². The van der Waals surface area contributed by atoms with Crippen LogP contribution in [0.5, 0.6) is 11.5 Å². The third-order valence-corrected chi connectivity index (χ3v) is 2.92. The van der Waals surface area contributed by atoms with Crippen molar-refractivity contribution in [3.63, 3.8) is 0 Å². The van der Waals surface area contributed by atoms with Gasteiger partial charge in [0.2, 0.25) is 0 Å². The molecule has 0 saturated carbocycles. The van der Waals surface area contributed by atoms with E-state index < -0.39 is 0 Å². The number of hydrogen-bond acceptors (Lipinski definition) is 5. The first-order valence-corrected chi connectivity index (χ1v) is 6.44. The van der Waals surface area contributed by atoms with Crippen molar-refractivity contribution in [2.45, 2.75) is 0 Å². The number of hydrogen-bond donors (Lipinski definition) is 1. The Bertz CT molecular complexity index is 617. The Hall–Kier alpha value is -2.15. The van der Waals surface area contributed by atoms with E-state index in [1.54, 1.807) is 18.2 Å². The Morgan fingerprint density at radius 1 is 1.20 bits per heavy atom. The first-order chi connectivity index (χ1) is 9.63. The molecule has 0 spiro atoms. The van der Waals surface area contributed by atoms with Crippen LogP contribution in [0.2, 0.25) is 0 Å². The van der Waals surface area contributed by atoms with Crippen LogP contribution in [-0.4, -0.2) is 30.1 Å². The molecule has 1 amide bonds. The summed E-state index contributed by atoms with van der Waals surface area (Å²) in [6.07, 6.45) is 2.95. The quantitative estimate of drug-likeness (QED) is 0.927. The van der Waals surface area contributed by atoms with Crippen LogP contribution in [0.4, 0.5) is 5.82 Å². The smallest absolute Gasteiger partial charge is 0.260 e. The normalized spacial score (nSPS) is 9.95. The number of halogens is 1. The third-order valence-electron chi connectivity index (χ3n) is 2.51. The second-order valence-electron chi connectivity index (χ2n) is 3.74. The molecule has 0 bridgehead atoms. The van der Waals surface area contributed by atoms with Gasteiger partial charge in [0.05, 0.1) is 32.2 Å². The molecular weight excluding hydrogens is 326 g/mol. The Morgan fingerprint density at radius 3 is 2.60 bits per heavy atom. The average Bonchev–Trinajstić information content (AvgIpc) is 2.48. The third kappa shape index (κ3) is 3.24. The minimum absolute atomic E-state index is 0.350. The Labute approximate surface area is 124 Å². The SMILES string of the molecule is COc1ccc(OC)c(C(=O)Nc2cnc(Br)cn2)c1. The summed E-state index contributed by atoms with van der Waals surface area (Å²) < 4.78 is 10.9. The van der Waals surface area contributed by atoms with Crippen molar-refractivity contribution in [2.24, 2.45) is 0 Å². The lowest BCUT2D eigenvalue weighted by Crippen LogP contribution is -2.14. The van der Waals surface area contributed by atoms with E-state index in [0.29, 0.717) is 27.5 Å². The molecule has 0 atom stereocenters. The van der Waals surface area contributed by atoms with Crippen molar-refractivity contribution in [1.82, 2.24) is 9.97 Å². The maximum absolute atomic E-state index is 12.2. The summed E-state index contributed by atoms with van der Waals surface area (Å²) in [6.45, 7) is 0. The molecular formula is C13H12BrN3O3.